The van der Waals surface area contributed by atoms with Gasteiger partial charge in [-0.3, -0.25) is 9.78 Å². The number of nitrogens with zero attached hydrogens (tertiary/aromatic N) is 2. The van der Waals surface area contributed by atoms with E-state index in [0.717, 1.165) is 31.2 Å². The molecule has 2 fully saturated rings. The number of fused-ring (bicyclic) bond motifs is 2. The van der Waals surface area contributed by atoms with Gasteiger partial charge in [-0.05, 0) is 61.4 Å². The van der Waals surface area contributed by atoms with Crippen LogP contribution in [0.3, 0.4) is 0 Å². The molecular formula is C19H19FN2O. The molecule has 2 atom stereocenters. The SMILES string of the molecule is O=C(c1ccncc1)N1C2CCC1CC(c1ccc(F)cc1)C2. The van der Waals surface area contributed by atoms with E-state index in [9.17, 15) is 9.18 Å². The Bertz CT molecular complexity index is 687. The number of aromatic nitrogens is 1. The number of carbonyl (C=O) groups is 1. The third kappa shape index (κ3) is 2.62. The second kappa shape index (κ2) is 5.76. The first kappa shape index (κ1) is 14.4. The fourth-order valence-corrected chi connectivity index (χ4v) is 4.16. The number of benzene rings is 1. The molecule has 0 saturated carbocycles. The molecule has 4 rings (SSSR count). The second-order valence-electron chi connectivity index (χ2n) is 6.55. The van der Waals surface area contributed by atoms with Gasteiger partial charge < -0.3 is 4.90 Å². The van der Waals surface area contributed by atoms with Gasteiger partial charge >= 0.3 is 0 Å². The van der Waals surface area contributed by atoms with E-state index in [2.05, 4.69) is 9.88 Å². The van der Waals surface area contributed by atoms with Gasteiger partial charge in [0, 0.05) is 30.0 Å². The number of hydrogen-bond acceptors (Lipinski definition) is 2. The molecule has 0 N–H and O–H groups in total. The lowest BCUT2D eigenvalue weighted by atomic mass is 9.85. The highest BCUT2D eigenvalue weighted by molar-refractivity contribution is 5.94. The molecule has 2 saturated heterocycles. The van der Waals surface area contributed by atoms with Crippen LogP contribution in [-0.4, -0.2) is 27.9 Å². The van der Waals surface area contributed by atoms with E-state index in [1.807, 2.05) is 12.1 Å². The molecular weight excluding hydrogens is 291 g/mol. The second-order valence-corrected chi connectivity index (χ2v) is 6.55. The van der Waals surface area contributed by atoms with Crippen molar-refractivity contribution in [3.05, 3.63) is 65.7 Å². The molecule has 2 aliphatic rings. The van der Waals surface area contributed by atoms with Crippen molar-refractivity contribution in [3.63, 3.8) is 0 Å². The molecule has 2 unspecified atom stereocenters. The maximum atomic E-state index is 13.1. The average Bonchev–Trinajstić information content (AvgIpc) is 2.85. The molecule has 23 heavy (non-hydrogen) atoms. The van der Waals surface area contributed by atoms with Crippen LogP contribution < -0.4 is 0 Å². The van der Waals surface area contributed by atoms with Gasteiger partial charge in [0.15, 0.2) is 0 Å². The molecule has 1 amide bonds. The summed E-state index contributed by atoms with van der Waals surface area (Å²) in [6.07, 6.45) is 7.41. The van der Waals surface area contributed by atoms with Crippen LogP contribution in [0.2, 0.25) is 0 Å². The highest BCUT2D eigenvalue weighted by Crippen LogP contribution is 2.43. The van der Waals surface area contributed by atoms with E-state index in [1.54, 1.807) is 24.5 Å². The lowest BCUT2D eigenvalue weighted by molar-refractivity contribution is 0.0571. The molecule has 1 aromatic heterocycles. The van der Waals surface area contributed by atoms with E-state index in [0.29, 0.717) is 18.0 Å². The molecule has 118 valence electrons. The number of halogens is 1. The Kier molecular flexibility index (Phi) is 3.60. The zero-order valence-corrected chi connectivity index (χ0v) is 12.9. The number of rotatable bonds is 2. The third-order valence-electron chi connectivity index (χ3n) is 5.24. The molecule has 4 heteroatoms. The lowest BCUT2D eigenvalue weighted by Crippen LogP contribution is -2.46. The lowest BCUT2D eigenvalue weighted by Gasteiger charge is -2.39. The number of amides is 1. The number of hydrogen-bond donors (Lipinski definition) is 0. The van der Waals surface area contributed by atoms with Gasteiger partial charge in [-0.25, -0.2) is 4.39 Å². The summed E-state index contributed by atoms with van der Waals surface area (Å²) in [5, 5.41) is 0. The smallest absolute Gasteiger partial charge is 0.254 e. The highest BCUT2D eigenvalue weighted by Gasteiger charge is 2.43. The maximum Gasteiger partial charge on any atom is 0.254 e. The molecule has 1 aromatic carbocycles. The predicted molar refractivity (Wildman–Crippen MR) is 85.6 cm³/mol. The van der Waals surface area contributed by atoms with Gasteiger partial charge in [-0.15, -0.1) is 0 Å². The van der Waals surface area contributed by atoms with Crippen LogP contribution >= 0.6 is 0 Å². The van der Waals surface area contributed by atoms with Crippen molar-refractivity contribution in [3.8, 4) is 0 Å². The summed E-state index contributed by atoms with van der Waals surface area (Å²) >= 11 is 0. The summed E-state index contributed by atoms with van der Waals surface area (Å²) in [4.78, 5) is 18.9. The van der Waals surface area contributed by atoms with E-state index in [4.69, 9.17) is 0 Å². The van der Waals surface area contributed by atoms with Gasteiger partial charge in [0.05, 0.1) is 0 Å². The minimum atomic E-state index is -0.193. The van der Waals surface area contributed by atoms with Crippen LogP contribution in [0.4, 0.5) is 4.39 Å². The first-order valence-electron chi connectivity index (χ1n) is 8.20. The van der Waals surface area contributed by atoms with Crippen LogP contribution in [0, 0.1) is 5.82 Å². The van der Waals surface area contributed by atoms with Gasteiger partial charge in [0.25, 0.3) is 5.91 Å². The van der Waals surface area contributed by atoms with E-state index >= 15 is 0 Å². The largest absolute Gasteiger partial charge is 0.333 e. The first-order chi connectivity index (χ1) is 11.2. The van der Waals surface area contributed by atoms with Crippen molar-refractivity contribution in [2.24, 2.45) is 0 Å². The summed E-state index contributed by atoms with van der Waals surface area (Å²) in [7, 11) is 0. The molecule has 3 heterocycles. The van der Waals surface area contributed by atoms with Gasteiger partial charge in [-0.1, -0.05) is 12.1 Å². The highest BCUT2D eigenvalue weighted by atomic mass is 19.1. The van der Waals surface area contributed by atoms with Crippen LogP contribution in [0.15, 0.2) is 48.8 Å². The van der Waals surface area contributed by atoms with Crippen molar-refractivity contribution in [2.75, 3.05) is 0 Å². The normalized spacial score (nSPS) is 26.3. The number of carbonyl (C=O) groups excluding carboxylic acids is 1. The van der Waals surface area contributed by atoms with Gasteiger partial charge in [0.1, 0.15) is 5.82 Å². The zero-order chi connectivity index (χ0) is 15.8. The Labute approximate surface area is 135 Å². The summed E-state index contributed by atoms with van der Waals surface area (Å²) in [5.41, 5.74) is 1.91. The molecule has 3 nitrogen and oxygen atoms in total. The predicted octanol–water partition coefficient (Wildman–Crippen LogP) is 3.77. The fraction of sp³-hybridized carbons (Fsp3) is 0.368. The molecule has 2 bridgehead atoms. The molecule has 0 aliphatic carbocycles. The monoisotopic (exact) mass is 310 g/mol. The summed E-state index contributed by atoms with van der Waals surface area (Å²) in [5.74, 6) is 0.356. The Morgan fingerprint density at radius 1 is 1.00 bits per heavy atom. The summed E-state index contributed by atoms with van der Waals surface area (Å²) in [6, 6.07) is 11.0. The molecule has 0 radical (unpaired) electrons. The Hall–Kier alpha value is -2.23. The maximum absolute atomic E-state index is 13.1. The first-order valence-corrected chi connectivity index (χ1v) is 8.20. The topological polar surface area (TPSA) is 33.2 Å². The van der Waals surface area contributed by atoms with E-state index in [-0.39, 0.29) is 11.7 Å². The van der Waals surface area contributed by atoms with Crippen molar-refractivity contribution < 1.29 is 9.18 Å². The minimum absolute atomic E-state index is 0.123. The van der Waals surface area contributed by atoms with E-state index in [1.165, 1.54) is 17.7 Å². The van der Waals surface area contributed by atoms with Crippen molar-refractivity contribution >= 4 is 5.91 Å². The Morgan fingerprint density at radius 2 is 1.61 bits per heavy atom. The average molecular weight is 310 g/mol. The summed E-state index contributed by atoms with van der Waals surface area (Å²) in [6.45, 7) is 0. The van der Waals surface area contributed by atoms with Gasteiger partial charge in [-0.2, -0.15) is 0 Å². The van der Waals surface area contributed by atoms with E-state index < -0.39 is 0 Å². The van der Waals surface area contributed by atoms with Crippen LogP contribution in [0.5, 0.6) is 0 Å². The third-order valence-corrected chi connectivity index (χ3v) is 5.24. The number of piperidine rings is 1. The van der Waals surface area contributed by atoms with Crippen LogP contribution in [0.25, 0.3) is 0 Å². The standard InChI is InChI=1S/C19H19FN2O/c20-16-3-1-13(2-4-16)15-11-17-5-6-18(12-15)22(17)19(23)14-7-9-21-10-8-14/h1-4,7-10,15,17-18H,5-6,11-12H2. The fourth-order valence-electron chi connectivity index (χ4n) is 4.16. The van der Waals surface area contributed by atoms with Gasteiger partial charge in [0.2, 0.25) is 0 Å². The quantitative estimate of drug-likeness (QED) is 0.846. The molecule has 2 aromatic rings. The van der Waals surface area contributed by atoms with Crippen LogP contribution in [0.1, 0.15) is 47.5 Å². The Morgan fingerprint density at radius 3 is 2.22 bits per heavy atom. The summed E-state index contributed by atoms with van der Waals surface area (Å²) < 4.78 is 13.1. The van der Waals surface area contributed by atoms with Crippen molar-refractivity contribution in [2.45, 2.75) is 43.7 Å². The molecule has 2 aliphatic heterocycles. The molecule has 0 spiro atoms. The van der Waals surface area contributed by atoms with Crippen molar-refractivity contribution in [1.29, 1.82) is 0 Å². The minimum Gasteiger partial charge on any atom is -0.333 e. The number of pyridine rings is 1. The van der Waals surface area contributed by atoms with Crippen molar-refractivity contribution in [1.82, 2.24) is 9.88 Å². The Balaban J connectivity index is 1.54. The zero-order valence-electron chi connectivity index (χ0n) is 12.9. The van der Waals surface area contributed by atoms with Crippen LogP contribution in [-0.2, 0) is 0 Å².